The van der Waals surface area contributed by atoms with Gasteiger partial charge in [0.2, 0.25) is 5.91 Å². The van der Waals surface area contributed by atoms with Gasteiger partial charge in [0.1, 0.15) is 5.75 Å². The minimum atomic E-state index is -0.701. The first-order chi connectivity index (χ1) is 17.7. The van der Waals surface area contributed by atoms with E-state index in [1.54, 1.807) is 18.2 Å². The van der Waals surface area contributed by atoms with E-state index in [0.29, 0.717) is 23.6 Å². The molecule has 3 aromatic carbocycles. The van der Waals surface area contributed by atoms with Crippen LogP contribution in [-0.2, 0) is 11.2 Å². The Morgan fingerprint density at radius 1 is 1.16 bits per heavy atom. The van der Waals surface area contributed by atoms with Crippen molar-refractivity contribution in [3.05, 3.63) is 105 Å². The Morgan fingerprint density at radius 3 is 2.62 bits per heavy atom. The van der Waals surface area contributed by atoms with Gasteiger partial charge < -0.3 is 4.74 Å². The fourth-order valence-corrected chi connectivity index (χ4v) is 4.92. The van der Waals surface area contributed by atoms with Gasteiger partial charge in [-0.2, -0.15) is 0 Å². The number of benzene rings is 3. The molecule has 8 nitrogen and oxygen atoms in total. The molecule has 1 heterocycles. The monoisotopic (exact) mass is 517 g/mol. The van der Waals surface area contributed by atoms with Crippen molar-refractivity contribution in [2.45, 2.75) is 33.1 Å². The Kier molecular flexibility index (Phi) is 7.93. The van der Waals surface area contributed by atoms with Crippen LogP contribution in [-0.4, -0.2) is 22.7 Å². The third-order valence-electron chi connectivity index (χ3n) is 5.81. The number of hydrogen-bond donors (Lipinski definition) is 1. The van der Waals surface area contributed by atoms with E-state index in [4.69, 9.17) is 4.74 Å². The van der Waals surface area contributed by atoms with E-state index in [9.17, 15) is 19.7 Å². The molecule has 4 rings (SSSR count). The van der Waals surface area contributed by atoms with Crippen LogP contribution in [0.1, 0.15) is 36.5 Å². The van der Waals surface area contributed by atoms with Crippen LogP contribution in [0.3, 0.4) is 0 Å². The zero-order chi connectivity index (χ0) is 26.5. The molecule has 9 heteroatoms. The van der Waals surface area contributed by atoms with Crippen LogP contribution in [0.4, 0.5) is 21.9 Å². The molecule has 0 saturated carbocycles. The van der Waals surface area contributed by atoms with E-state index >= 15 is 0 Å². The van der Waals surface area contributed by atoms with Crippen LogP contribution >= 0.6 is 11.8 Å². The average molecular weight is 518 g/mol. The normalized spacial score (nSPS) is 14.3. The second-order valence-corrected chi connectivity index (χ2v) is 9.94. The molecule has 2 amide bonds. The van der Waals surface area contributed by atoms with Crippen LogP contribution in [0.2, 0.25) is 0 Å². The van der Waals surface area contributed by atoms with E-state index < -0.39 is 11.0 Å². The summed E-state index contributed by atoms with van der Waals surface area (Å²) in [5.41, 5.74) is 4.39. The van der Waals surface area contributed by atoms with E-state index in [1.807, 2.05) is 24.0 Å². The first-order valence-corrected chi connectivity index (χ1v) is 12.8. The van der Waals surface area contributed by atoms with Crippen molar-refractivity contribution >= 4 is 40.8 Å². The van der Waals surface area contributed by atoms with Crippen molar-refractivity contribution in [3.8, 4) is 5.75 Å². The van der Waals surface area contributed by atoms with Crippen LogP contribution in [0.5, 0.6) is 5.75 Å². The predicted octanol–water partition coefficient (Wildman–Crippen LogP) is 6.80. The SMILES string of the molecule is Cc1ccc(C(C)C)c(N2C(=O)CS/C2=C\Cc2cccc(OC(=O)Nc3ccc([N+](=O)[O-])cc3)c2)c1. The molecule has 0 aliphatic carbocycles. The Balaban J connectivity index is 1.46. The van der Waals surface area contributed by atoms with Gasteiger partial charge in [0.05, 0.1) is 21.4 Å². The molecule has 1 saturated heterocycles. The van der Waals surface area contributed by atoms with Gasteiger partial charge in [0, 0.05) is 17.8 Å². The fourth-order valence-electron chi connectivity index (χ4n) is 3.98. The molecule has 1 N–H and O–H groups in total. The van der Waals surface area contributed by atoms with Crippen molar-refractivity contribution in [2.24, 2.45) is 0 Å². The van der Waals surface area contributed by atoms with Gasteiger partial charge in [-0.15, -0.1) is 0 Å². The molecule has 0 bridgehead atoms. The number of nitrogens with one attached hydrogen (secondary N) is 1. The van der Waals surface area contributed by atoms with Crippen molar-refractivity contribution in [1.29, 1.82) is 0 Å². The third kappa shape index (κ3) is 6.37. The van der Waals surface area contributed by atoms with Crippen molar-refractivity contribution in [3.63, 3.8) is 0 Å². The third-order valence-corrected chi connectivity index (χ3v) is 6.84. The molecule has 0 atom stereocenters. The average Bonchev–Trinajstić information content (AvgIpc) is 3.23. The van der Waals surface area contributed by atoms with Crippen molar-refractivity contribution < 1.29 is 19.2 Å². The molecular formula is C28H27N3O5S. The second kappa shape index (κ2) is 11.3. The summed E-state index contributed by atoms with van der Waals surface area (Å²) in [5, 5.41) is 14.2. The van der Waals surface area contributed by atoms with Crippen LogP contribution in [0.25, 0.3) is 0 Å². The largest absolute Gasteiger partial charge is 0.417 e. The zero-order valence-corrected chi connectivity index (χ0v) is 21.6. The molecule has 1 aliphatic heterocycles. The summed E-state index contributed by atoms with van der Waals surface area (Å²) in [6.07, 6.45) is 1.88. The summed E-state index contributed by atoms with van der Waals surface area (Å²) < 4.78 is 5.40. The Labute approximate surface area is 219 Å². The Bertz CT molecular complexity index is 1370. The Hall–Kier alpha value is -4.11. The number of ether oxygens (including phenoxy) is 1. The molecule has 190 valence electrons. The van der Waals surface area contributed by atoms with E-state index in [-0.39, 0.29) is 17.5 Å². The maximum atomic E-state index is 12.8. The maximum absolute atomic E-state index is 12.8. The number of carbonyl (C=O) groups excluding carboxylic acids is 2. The van der Waals surface area contributed by atoms with Gasteiger partial charge in [0.15, 0.2) is 0 Å². The number of nitrogens with zero attached hydrogens (tertiary/aromatic N) is 2. The molecule has 37 heavy (non-hydrogen) atoms. The molecule has 0 unspecified atom stereocenters. The lowest BCUT2D eigenvalue weighted by Gasteiger charge is -2.23. The highest BCUT2D eigenvalue weighted by molar-refractivity contribution is 8.04. The van der Waals surface area contributed by atoms with Gasteiger partial charge >= 0.3 is 6.09 Å². The number of anilines is 2. The Morgan fingerprint density at radius 2 is 1.92 bits per heavy atom. The number of allylic oxidation sites excluding steroid dienone is 1. The van der Waals surface area contributed by atoms with E-state index in [1.165, 1.54) is 36.0 Å². The molecule has 1 aliphatic rings. The van der Waals surface area contributed by atoms with Crippen LogP contribution in [0, 0.1) is 17.0 Å². The number of hydrogen-bond acceptors (Lipinski definition) is 6. The smallest absolute Gasteiger partial charge is 0.410 e. The predicted molar refractivity (Wildman–Crippen MR) is 146 cm³/mol. The summed E-state index contributed by atoms with van der Waals surface area (Å²) in [7, 11) is 0. The quantitative estimate of drug-likeness (QED) is 0.273. The number of amides is 2. The number of rotatable bonds is 7. The minimum absolute atomic E-state index is 0.0590. The minimum Gasteiger partial charge on any atom is -0.410 e. The van der Waals surface area contributed by atoms with Gasteiger partial charge in [-0.05, 0) is 72.4 Å². The number of nitro benzene ring substituents is 1. The highest BCUT2D eigenvalue weighted by Gasteiger charge is 2.30. The van der Waals surface area contributed by atoms with E-state index in [0.717, 1.165) is 27.4 Å². The summed E-state index contributed by atoms with van der Waals surface area (Å²) in [4.78, 5) is 37.2. The molecular weight excluding hydrogens is 490 g/mol. The summed E-state index contributed by atoms with van der Waals surface area (Å²) in [5.74, 6) is 1.09. The molecule has 0 aromatic heterocycles. The highest BCUT2D eigenvalue weighted by Crippen LogP contribution is 2.38. The maximum Gasteiger partial charge on any atom is 0.417 e. The first kappa shape index (κ1) is 26.0. The number of aryl methyl sites for hydroxylation is 1. The van der Waals surface area contributed by atoms with Gasteiger partial charge in [-0.1, -0.05) is 49.9 Å². The standard InChI is InChI=1S/C28H27N3O5S/c1-18(2)24-13-7-19(3)15-25(24)30-26(32)17-37-27(30)14-8-20-5-4-6-23(16-20)36-28(33)29-21-9-11-22(12-10-21)31(34)35/h4-7,9-16,18H,8,17H2,1-3H3,(H,29,33)/b27-14-. The topological polar surface area (TPSA) is 102 Å². The lowest BCUT2D eigenvalue weighted by atomic mass is 9.98. The summed E-state index contributed by atoms with van der Waals surface area (Å²) in [6.45, 7) is 6.26. The molecule has 1 fully saturated rings. The summed E-state index contributed by atoms with van der Waals surface area (Å²) in [6, 6.07) is 18.9. The lowest BCUT2D eigenvalue weighted by Crippen LogP contribution is -2.25. The van der Waals surface area contributed by atoms with Crippen molar-refractivity contribution in [2.75, 3.05) is 16.0 Å². The lowest BCUT2D eigenvalue weighted by molar-refractivity contribution is -0.384. The van der Waals surface area contributed by atoms with Crippen LogP contribution in [0.15, 0.2) is 77.8 Å². The summed E-state index contributed by atoms with van der Waals surface area (Å²) >= 11 is 1.52. The molecule has 0 spiro atoms. The van der Waals surface area contributed by atoms with Crippen LogP contribution < -0.4 is 15.0 Å². The molecule has 3 aromatic rings. The zero-order valence-electron chi connectivity index (χ0n) is 20.8. The molecule has 0 radical (unpaired) electrons. The van der Waals surface area contributed by atoms with Gasteiger partial charge in [-0.25, -0.2) is 4.79 Å². The number of thioether (sulfide) groups is 1. The van der Waals surface area contributed by atoms with Crippen molar-refractivity contribution in [1.82, 2.24) is 0 Å². The second-order valence-electron chi connectivity index (χ2n) is 8.95. The van der Waals surface area contributed by atoms with Gasteiger partial charge in [0.25, 0.3) is 5.69 Å². The number of nitro groups is 1. The van der Waals surface area contributed by atoms with E-state index in [2.05, 4.69) is 37.4 Å². The highest BCUT2D eigenvalue weighted by atomic mass is 32.2. The number of non-ortho nitro benzene ring substituents is 1. The number of carbonyl (C=O) groups is 2. The van der Waals surface area contributed by atoms with Gasteiger partial charge in [-0.3, -0.25) is 25.1 Å². The first-order valence-electron chi connectivity index (χ1n) is 11.8. The fraction of sp³-hybridized carbons (Fsp3) is 0.214.